The average molecular weight is 333 g/mol. The number of hydrogen-bond donors (Lipinski definition) is 2. The Balaban J connectivity index is 1.79. The van der Waals surface area contributed by atoms with Crippen molar-refractivity contribution in [2.45, 2.75) is 37.1 Å². The number of nitrogens with one attached hydrogen (secondary N) is 1. The molecule has 2 aliphatic rings. The quantitative estimate of drug-likeness (QED) is 0.840. The van der Waals surface area contributed by atoms with Gasteiger partial charge in [-0.05, 0) is 54.7 Å². The van der Waals surface area contributed by atoms with E-state index in [1.165, 1.54) is 18.9 Å². The molecule has 116 valence electrons. The second-order valence-corrected chi connectivity index (χ2v) is 8.19. The van der Waals surface area contributed by atoms with Crippen LogP contribution in [0.3, 0.4) is 0 Å². The number of nitrogens with two attached hydrogens (primary N) is 1. The molecule has 4 nitrogen and oxygen atoms in total. The first-order chi connectivity index (χ1) is 9.88. The van der Waals surface area contributed by atoms with E-state index < -0.39 is 15.8 Å². The molecule has 1 aromatic carbocycles. The van der Waals surface area contributed by atoms with Crippen molar-refractivity contribution >= 4 is 21.6 Å². The Morgan fingerprint density at radius 3 is 2.57 bits per heavy atom. The molecular weight excluding hydrogens is 315 g/mol. The highest BCUT2D eigenvalue weighted by Gasteiger charge is 2.53. The largest absolute Gasteiger partial charge is 0.326 e. The van der Waals surface area contributed by atoms with Crippen LogP contribution < -0.4 is 10.5 Å². The maximum Gasteiger partial charge on any atom is 0.240 e. The molecule has 0 atom stereocenters. The van der Waals surface area contributed by atoms with Gasteiger partial charge in [0.05, 0.1) is 9.92 Å². The van der Waals surface area contributed by atoms with Crippen molar-refractivity contribution < 1.29 is 12.8 Å². The maximum atomic E-state index is 13.7. The molecule has 0 aromatic heterocycles. The van der Waals surface area contributed by atoms with Crippen LogP contribution >= 0.6 is 11.6 Å². The number of benzene rings is 1. The van der Waals surface area contributed by atoms with E-state index in [9.17, 15) is 12.8 Å². The molecule has 2 fully saturated rings. The minimum absolute atomic E-state index is 0.00880. The summed E-state index contributed by atoms with van der Waals surface area (Å²) in [4.78, 5) is -0.114. The van der Waals surface area contributed by atoms with E-state index in [4.69, 9.17) is 17.3 Å². The fraction of sp³-hybridized carbons (Fsp3) is 0.571. The molecule has 0 unspecified atom stereocenters. The molecule has 0 spiro atoms. The second-order valence-electron chi connectivity index (χ2n) is 6.04. The molecule has 0 aliphatic heterocycles. The molecule has 0 saturated heterocycles. The van der Waals surface area contributed by atoms with E-state index in [1.807, 2.05) is 0 Å². The summed E-state index contributed by atoms with van der Waals surface area (Å²) in [5.74, 6) is -0.106. The van der Waals surface area contributed by atoms with E-state index in [-0.39, 0.29) is 21.9 Å². The highest BCUT2D eigenvalue weighted by molar-refractivity contribution is 7.89. The number of hydrogen-bond acceptors (Lipinski definition) is 3. The third kappa shape index (κ3) is 2.95. The molecule has 1 aromatic rings. The molecule has 3 rings (SSSR count). The first-order valence-corrected chi connectivity index (χ1v) is 8.92. The third-order valence-corrected chi connectivity index (χ3v) is 6.36. The van der Waals surface area contributed by atoms with Crippen LogP contribution in [0.15, 0.2) is 17.0 Å². The minimum atomic E-state index is -3.74. The Labute approximate surface area is 128 Å². The first kappa shape index (κ1) is 15.2. The zero-order valence-corrected chi connectivity index (χ0v) is 13.1. The van der Waals surface area contributed by atoms with Crippen molar-refractivity contribution in [2.75, 3.05) is 6.54 Å². The van der Waals surface area contributed by atoms with Crippen molar-refractivity contribution in [3.63, 3.8) is 0 Å². The predicted octanol–water partition coefficient (Wildman–Crippen LogP) is 2.41. The van der Waals surface area contributed by atoms with Crippen molar-refractivity contribution in [3.8, 4) is 0 Å². The van der Waals surface area contributed by atoms with Crippen LogP contribution in [0.1, 0.15) is 31.2 Å². The molecule has 3 N–H and O–H groups in total. The summed E-state index contributed by atoms with van der Waals surface area (Å²) in [6.45, 7) is 0.424. The van der Waals surface area contributed by atoms with Crippen LogP contribution in [0.4, 0.5) is 4.39 Å². The maximum absolute atomic E-state index is 13.7. The SMILES string of the molecule is NCc1cc(S(=O)(=O)NCC2(C3CC3)CC2)cc(F)c1Cl. The van der Waals surface area contributed by atoms with Crippen LogP contribution in [0.2, 0.25) is 5.02 Å². The van der Waals surface area contributed by atoms with Gasteiger partial charge in [-0.15, -0.1) is 0 Å². The first-order valence-electron chi connectivity index (χ1n) is 7.06. The van der Waals surface area contributed by atoms with Crippen LogP contribution in [-0.2, 0) is 16.6 Å². The van der Waals surface area contributed by atoms with Gasteiger partial charge in [0.15, 0.2) is 0 Å². The van der Waals surface area contributed by atoms with E-state index in [0.29, 0.717) is 18.0 Å². The zero-order chi connectivity index (χ0) is 15.3. The predicted molar refractivity (Wildman–Crippen MR) is 78.9 cm³/mol. The van der Waals surface area contributed by atoms with Gasteiger partial charge < -0.3 is 5.73 Å². The fourth-order valence-corrected chi connectivity index (χ4v) is 4.22. The summed E-state index contributed by atoms with van der Waals surface area (Å²) in [6.07, 6.45) is 4.52. The van der Waals surface area contributed by atoms with Crippen LogP contribution in [0.25, 0.3) is 0 Å². The molecule has 0 radical (unpaired) electrons. The van der Waals surface area contributed by atoms with E-state index in [2.05, 4.69) is 4.72 Å². The Morgan fingerprint density at radius 2 is 2.05 bits per heavy atom. The molecule has 7 heteroatoms. The van der Waals surface area contributed by atoms with Gasteiger partial charge in [-0.3, -0.25) is 0 Å². The number of rotatable bonds is 6. The normalized spacial score (nSPS) is 20.5. The smallest absolute Gasteiger partial charge is 0.240 e. The molecule has 21 heavy (non-hydrogen) atoms. The lowest BCUT2D eigenvalue weighted by molar-refractivity contribution is 0.431. The van der Waals surface area contributed by atoms with E-state index >= 15 is 0 Å². The minimum Gasteiger partial charge on any atom is -0.326 e. The van der Waals surface area contributed by atoms with Crippen LogP contribution in [-0.4, -0.2) is 15.0 Å². The summed E-state index contributed by atoms with van der Waals surface area (Å²) in [5, 5.41) is -0.118. The van der Waals surface area contributed by atoms with Crippen molar-refractivity contribution in [1.82, 2.24) is 4.72 Å². The summed E-state index contributed by atoms with van der Waals surface area (Å²) >= 11 is 5.75. The van der Waals surface area contributed by atoms with Gasteiger partial charge in [0.1, 0.15) is 5.82 Å². The highest BCUT2D eigenvalue weighted by Crippen LogP contribution is 2.60. The lowest BCUT2D eigenvalue weighted by atomic mass is 10.0. The lowest BCUT2D eigenvalue weighted by Gasteiger charge is -2.16. The molecular formula is C14H18ClFN2O2S. The Morgan fingerprint density at radius 1 is 1.38 bits per heavy atom. The summed E-state index contributed by atoms with van der Waals surface area (Å²) in [5.41, 5.74) is 5.91. The van der Waals surface area contributed by atoms with Gasteiger partial charge in [-0.25, -0.2) is 17.5 Å². The standard InChI is InChI=1S/C14H18ClFN2O2S/c15-13-9(7-17)5-11(6-12(13)16)21(19,20)18-8-14(3-4-14)10-1-2-10/h5-6,10,18H,1-4,7-8,17H2. The average Bonchev–Trinajstić information content (AvgIpc) is 3.31. The van der Waals surface area contributed by atoms with Gasteiger partial charge in [0.2, 0.25) is 10.0 Å². The van der Waals surface area contributed by atoms with Gasteiger partial charge >= 0.3 is 0 Å². The van der Waals surface area contributed by atoms with Crippen molar-refractivity contribution in [2.24, 2.45) is 17.1 Å². The topological polar surface area (TPSA) is 72.2 Å². The van der Waals surface area contributed by atoms with Crippen molar-refractivity contribution in [3.05, 3.63) is 28.5 Å². The van der Waals surface area contributed by atoms with Gasteiger partial charge in [-0.1, -0.05) is 11.6 Å². The Kier molecular flexibility index (Phi) is 3.76. The zero-order valence-electron chi connectivity index (χ0n) is 11.5. The molecule has 2 saturated carbocycles. The van der Waals surface area contributed by atoms with E-state index in [0.717, 1.165) is 18.9 Å². The van der Waals surface area contributed by atoms with Gasteiger partial charge in [-0.2, -0.15) is 0 Å². The summed E-state index contributed by atoms with van der Waals surface area (Å²) < 4.78 is 41.0. The molecule has 0 bridgehead atoms. The Bertz CT molecular complexity index is 670. The van der Waals surface area contributed by atoms with Gasteiger partial charge in [0.25, 0.3) is 0 Å². The second kappa shape index (κ2) is 5.19. The lowest BCUT2D eigenvalue weighted by Crippen LogP contribution is -2.31. The molecule has 0 heterocycles. The monoisotopic (exact) mass is 332 g/mol. The summed E-state index contributed by atoms with van der Waals surface area (Å²) in [6, 6.07) is 2.28. The van der Waals surface area contributed by atoms with E-state index in [1.54, 1.807) is 0 Å². The molecule has 2 aliphatic carbocycles. The number of sulfonamides is 1. The van der Waals surface area contributed by atoms with Crippen LogP contribution in [0, 0.1) is 17.2 Å². The summed E-state index contributed by atoms with van der Waals surface area (Å²) in [7, 11) is -3.74. The third-order valence-electron chi connectivity index (χ3n) is 4.56. The molecule has 0 amide bonds. The fourth-order valence-electron chi connectivity index (χ4n) is 2.83. The van der Waals surface area contributed by atoms with Crippen LogP contribution in [0.5, 0.6) is 0 Å². The number of halogens is 2. The van der Waals surface area contributed by atoms with Crippen molar-refractivity contribution in [1.29, 1.82) is 0 Å². The Hall–Kier alpha value is -0.690. The highest BCUT2D eigenvalue weighted by atomic mass is 35.5. The van der Waals surface area contributed by atoms with Gasteiger partial charge in [0, 0.05) is 13.1 Å².